The van der Waals surface area contributed by atoms with E-state index in [4.69, 9.17) is 9.47 Å². The number of ether oxygens (including phenoxy) is 3. The topological polar surface area (TPSA) is 82.1 Å². The van der Waals surface area contributed by atoms with Gasteiger partial charge in [0.1, 0.15) is 12.2 Å². The SMILES string of the molecule is C=C(O[C@H]1[C@H](O)C=C[C@]2(C(=O)OC)C[C@H]12)C(=O)OC. The molecular formula is C13H16O6. The van der Waals surface area contributed by atoms with Crippen molar-refractivity contribution in [2.75, 3.05) is 14.2 Å². The average molecular weight is 268 g/mol. The Morgan fingerprint density at radius 3 is 2.63 bits per heavy atom. The van der Waals surface area contributed by atoms with Crippen LogP contribution in [0.15, 0.2) is 24.5 Å². The third-order valence-electron chi connectivity index (χ3n) is 3.64. The average Bonchev–Trinajstić information content (AvgIpc) is 3.16. The maximum Gasteiger partial charge on any atom is 0.372 e. The molecule has 0 heterocycles. The van der Waals surface area contributed by atoms with E-state index in [1.54, 1.807) is 6.08 Å². The lowest BCUT2D eigenvalue weighted by molar-refractivity contribution is -0.147. The summed E-state index contributed by atoms with van der Waals surface area (Å²) in [6.45, 7) is 3.45. The molecule has 2 aliphatic rings. The summed E-state index contributed by atoms with van der Waals surface area (Å²) in [5.41, 5.74) is -0.741. The summed E-state index contributed by atoms with van der Waals surface area (Å²) in [5.74, 6) is -1.47. The summed E-state index contributed by atoms with van der Waals surface area (Å²) in [5, 5.41) is 9.88. The predicted octanol–water partition coefficient (Wildman–Crippen LogP) is 0.168. The van der Waals surface area contributed by atoms with Crippen molar-refractivity contribution >= 4 is 11.9 Å². The van der Waals surface area contributed by atoms with Crippen molar-refractivity contribution in [2.45, 2.75) is 18.6 Å². The van der Waals surface area contributed by atoms with Crippen LogP contribution in [0.5, 0.6) is 0 Å². The first kappa shape index (κ1) is 13.6. The molecule has 0 spiro atoms. The van der Waals surface area contributed by atoms with E-state index in [0.29, 0.717) is 6.42 Å². The third-order valence-corrected chi connectivity index (χ3v) is 3.64. The zero-order valence-corrected chi connectivity index (χ0v) is 10.8. The van der Waals surface area contributed by atoms with Crippen LogP contribution in [0.3, 0.4) is 0 Å². The summed E-state index contributed by atoms with van der Waals surface area (Å²) < 4.78 is 14.6. The Kier molecular flexibility index (Phi) is 3.36. The molecule has 0 saturated heterocycles. The minimum Gasteiger partial charge on any atom is -0.480 e. The van der Waals surface area contributed by atoms with Crippen molar-refractivity contribution in [1.82, 2.24) is 0 Å². The molecule has 2 aliphatic carbocycles. The van der Waals surface area contributed by atoms with E-state index in [9.17, 15) is 14.7 Å². The van der Waals surface area contributed by atoms with Gasteiger partial charge in [-0.05, 0) is 13.0 Å². The Bertz CT molecular complexity index is 454. The predicted molar refractivity (Wildman–Crippen MR) is 63.7 cm³/mol. The van der Waals surface area contributed by atoms with Crippen molar-refractivity contribution in [3.8, 4) is 0 Å². The monoisotopic (exact) mass is 268 g/mol. The van der Waals surface area contributed by atoms with Crippen LogP contribution in [0.2, 0.25) is 0 Å². The Labute approximate surface area is 110 Å². The molecule has 104 valence electrons. The molecule has 6 heteroatoms. The number of aliphatic hydroxyl groups is 1. The zero-order chi connectivity index (χ0) is 14.2. The van der Waals surface area contributed by atoms with E-state index in [1.165, 1.54) is 20.3 Å². The molecule has 4 atom stereocenters. The number of rotatable bonds is 4. The van der Waals surface area contributed by atoms with E-state index in [-0.39, 0.29) is 17.6 Å². The number of methoxy groups -OCH3 is 2. The molecule has 1 saturated carbocycles. The number of carbonyl (C=O) groups is 2. The van der Waals surface area contributed by atoms with Crippen LogP contribution in [0, 0.1) is 11.3 Å². The lowest BCUT2D eigenvalue weighted by Gasteiger charge is -2.27. The molecule has 19 heavy (non-hydrogen) atoms. The molecule has 0 aromatic heterocycles. The number of aliphatic hydroxyl groups excluding tert-OH is 1. The molecule has 0 aromatic carbocycles. The lowest BCUT2D eigenvalue weighted by atomic mass is 9.91. The largest absolute Gasteiger partial charge is 0.480 e. The molecule has 0 unspecified atom stereocenters. The van der Waals surface area contributed by atoms with Gasteiger partial charge in [0.2, 0.25) is 0 Å². The van der Waals surface area contributed by atoms with Gasteiger partial charge in [-0.2, -0.15) is 0 Å². The second kappa shape index (κ2) is 4.70. The van der Waals surface area contributed by atoms with E-state index in [2.05, 4.69) is 11.3 Å². The van der Waals surface area contributed by atoms with Gasteiger partial charge in [0.15, 0.2) is 5.76 Å². The molecule has 0 aromatic rings. The Morgan fingerprint density at radius 1 is 1.37 bits per heavy atom. The summed E-state index contributed by atoms with van der Waals surface area (Å²) >= 11 is 0. The Balaban J connectivity index is 2.11. The number of hydrogen-bond donors (Lipinski definition) is 1. The Hall–Kier alpha value is -1.82. The minimum absolute atomic E-state index is 0.187. The van der Waals surface area contributed by atoms with Gasteiger partial charge >= 0.3 is 11.9 Å². The highest BCUT2D eigenvalue weighted by molar-refractivity contribution is 5.86. The van der Waals surface area contributed by atoms with Crippen molar-refractivity contribution in [3.63, 3.8) is 0 Å². The molecule has 1 N–H and O–H groups in total. The maximum atomic E-state index is 11.7. The molecule has 1 fully saturated rings. The fraction of sp³-hybridized carbons (Fsp3) is 0.538. The number of fused-ring (bicyclic) bond motifs is 1. The molecule has 0 radical (unpaired) electrons. The van der Waals surface area contributed by atoms with E-state index in [1.807, 2.05) is 0 Å². The maximum absolute atomic E-state index is 11.7. The molecule has 2 rings (SSSR count). The number of esters is 2. The summed E-state index contributed by atoms with van der Waals surface area (Å²) in [7, 11) is 2.53. The molecule has 0 bridgehead atoms. The van der Waals surface area contributed by atoms with Gasteiger partial charge < -0.3 is 19.3 Å². The molecule has 0 amide bonds. The molecule has 6 nitrogen and oxygen atoms in total. The summed E-state index contributed by atoms with van der Waals surface area (Å²) in [4.78, 5) is 23.0. The van der Waals surface area contributed by atoms with Gasteiger partial charge in [0.05, 0.1) is 19.6 Å². The van der Waals surface area contributed by atoms with Crippen molar-refractivity contribution in [3.05, 3.63) is 24.5 Å². The molecular weight excluding hydrogens is 252 g/mol. The lowest BCUT2D eigenvalue weighted by Crippen LogP contribution is -2.37. The van der Waals surface area contributed by atoms with Crippen LogP contribution in [-0.2, 0) is 23.8 Å². The first-order valence-electron chi connectivity index (χ1n) is 5.86. The van der Waals surface area contributed by atoms with Crippen molar-refractivity contribution < 1.29 is 28.9 Å². The third kappa shape index (κ3) is 2.12. The van der Waals surface area contributed by atoms with E-state index in [0.717, 1.165) is 0 Å². The molecule has 0 aliphatic heterocycles. The first-order valence-corrected chi connectivity index (χ1v) is 5.86. The van der Waals surface area contributed by atoms with Gasteiger partial charge in [-0.25, -0.2) is 4.79 Å². The number of hydrogen-bond acceptors (Lipinski definition) is 6. The van der Waals surface area contributed by atoms with Crippen LogP contribution in [-0.4, -0.2) is 43.5 Å². The van der Waals surface area contributed by atoms with Gasteiger partial charge in [0, 0.05) is 5.92 Å². The fourth-order valence-corrected chi connectivity index (χ4v) is 2.49. The highest BCUT2D eigenvalue weighted by Crippen LogP contribution is 2.60. The van der Waals surface area contributed by atoms with Crippen LogP contribution in [0.1, 0.15) is 6.42 Å². The van der Waals surface area contributed by atoms with Crippen LogP contribution in [0.25, 0.3) is 0 Å². The summed E-state index contributed by atoms with van der Waals surface area (Å²) in [6.07, 6.45) is 2.05. The second-order valence-electron chi connectivity index (χ2n) is 4.69. The highest BCUT2D eigenvalue weighted by Gasteiger charge is 2.66. The van der Waals surface area contributed by atoms with Gasteiger partial charge in [-0.1, -0.05) is 12.2 Å². The standard InChI is InChI=1S/C13H16O6/c1-7(11(15)17-2)19-10-8-6-13(8,12(16)18-3)5-4-9(10)14/h4-5,8-10,14H,1,6H2,2-3H3/t8-,9-,10-,13+/m1/s1. The zero-order valence-electron chi connectivity index (χ0n) is 10.8. The highest BCUT2D eigenvalue weighted by atomic mass is 16.6. The number of carbonyl (C=O) groups excluding carboxylic acids is 2. The van der Waals surface area contributed by atoms with Crippen LogP contribution >= 0.6 is 0 Å². The quantitative estimate of drug-likeness (QED) is 0.339. The van der Waals surface area contributed by atoms with Crippen molar-refractivity contribution in [2.24, 2.45) is 11.3 Å². The van der Waals surface area contributed by atoms with Crippen molar-refractivity contribution in [1.29, 1.82) is 0 Å². The minimum atomic E-state index is -0.897. The van der Waals surface area contributed by atoms with Gasteiger partial charge in [-0.15, -0.1) is 0 Å². The normalized spacial score (nSPS) is 35.0. The van der Waals surface area contributed by atoms with E-state index < -0.39 is 23.6 Å². The van der Waals surface area contributed by atoms with E-state index >= 15 is 0 Å². The van der Waals surface area contributed by atoms with Crippen LogP contribution in [0.4, 0.5) is 0 Å². The fourth-order valence-electron chi connectivity index (χ4n) is 2.49. The second-order valence-corrected chi connectivity index (χ2v) is 4.69. The summed E-state index contributed by atoms with van der Waals surface area (Å²) in [6, 6.07) is 0. The first-order chi connectivity index (χ1) is 8.96. The smallest absolute Gasteiger partial charge is 0.372 e. The van der Waals surface area contributed by atoms with Gasteiger partial charge in [-0.3, -0.25) is 4.79 Å². The Morgan fingerprint density at radius 2 is 2.05 bits per heavy atom. The van der Waals surface area contributed by atoms with Gasteiger partial charge in [0.25, 0.3) is 0 Å². The van der Waals surface area contributed by atoms with Crippen LogP contribution < -0.4 is 0 Å².